The van der Waals surface area contributed by atoms with Crippen LogP contribution in [0, 0.1) is 0 Å². The highest BCUT2D eigenvalue weighted by Gasteiger charge is 2.28. The van der Waals surface area contributed by atoms with Gasteiger partial charge in [-0.2, -0.15) is 5.10 Å². The number of para-hydroxylation sites is 1. The first-order valence-corrected chi connectivity index (χ1v) is 21.7. The van der Waals surface area contributed by atoms with Crippen LogP contribution < -0.4 is 15.8 Å². The molecule has 5 rings (SSSR count). The Kier molecular flexibility index (Phi) is 21.0. The molecule has 0 bridgehead atoms. The van der Waals surface area contributed by atoms with E-state index in [0.29, 0.717) is 73.5 Å². The molecule has 4 aromatic rings. The van der Waals surface area contributed by atoms with Gasteiger partial charge < -0.3 is 44.4 Å². The average molecular weight is 876 g/mol. The van der Waals surface area contributed by atoms with Crippen molar-refractivity contribution in [2.24, 2.45) is 0 Å². The molecule has 334 valence electrons. The van der Waals surface area contributed by atoms with Gasteiger partial charge in [-0.25, -0.2) is 19.4 Å². The lowest BCUT2D eigenvalue weighted by molar-refractivity contribution is -0.145. The fourth-order valence-electron chi connectivity index (χ4n) is 6.56. The zero-order valence-corrected chi connectivity index (χ0v) is 35.9. The van der Waals surface area contributed by atoms with Crippen LogP contribution in [-0.4, -0.2) is 121 Å². The number of hydrogen-bond donors (Lipinski definition) is 2. The number of rotatable bonds is 27. The lowest BCUT2D eigenvalue weighted by atomic mass is 10.1. The zero-order chi connectivity index (χ0) is 43.6. The molecule has 3 heterocycles. The second-order valence-electron chi connectivity index (χ2n) is 14.4. The van der Waals surface area contributed by atoms with Gasteiger partial charge in [0.1, 0.15) is 42.6 Å². The number of alkyl carbamates (subject to hydrolysis) is 1. The summed E-state index contributed by atoms with van der Waals surface area (Å²) < 4.78 is 34.6. The van der Waals surface area contributed by atoms with E-state index in [-0.39, 0.29) is 57.3 Å². The predicted molar refractivity (Wildman–Crippen MR) is 236 cm³/mol. The summed E-state index contributed by atoms with van der Waals surface area (Å²) in [5, 5.41) is 8.23. The number of alkyl halides is 1. The van der Waals surface area contributed by atoms with Crippen LogP contribution in [0.25, 0.3) is 22.3 Å². The average Bonchev–Trinajstić information content (AvgIpc) is 3.69. The third-order valence-electron chi connectivity index (χ3n) is 9.70. The zero-order valence-electron chi connectivity index (χ0n) is 35.2. The van der Waals surface area contributed by atoms with Crippen LogP contribution in [0.2, 0.25) is 0 Å². The summed E-state index contributed by atoms with van der Waals surface area (Å²) >= 11 is 5.66. The number of amides is 2. The Balaban J connectivity index is 0.925. The fraction of sp³-hybridized carbons (Fsp3) is 0.467. The van der Waals surface area contributed by atoms with E-state index >= 15 is 0 Å². The van der Waals surface area contributed by atoms with Gasteiger partial charge in [0.05, 0.1) is 37.9 Å². The number of nitrogen functional groups attached to an aromatic ring is 1. The first kappa shape index (κ1) is 47.5. The molecular weight excluding hydrogens is 818 g/mol. The minimum Gasteiger partial charge on any atom is -0.463 e. The monoisotopic (exact) mass is 875 g/mol. The lowest BCUT2D eigenvalue weighted by Gasteiger charge is -2.32. The molecule has 1 atom stereocenters. The number of ether oxygens (including phenoxy) is 6. The maximum atomic E-state index is 13.2. The van der Waals surface area contributed by atoms with Gasteiger partial charge in [0.15, 0.2) is 5.65 Å². The van der Waals surface area contributed by atoms with E-state index in [2.05, 4.69) is 15.3 Å². The first-order chi connectivity index (χ1) is 30.4. The third kappa shape index (κ3) is 16.4. The highest BCUT2D eigenvalue weighted by molar-refractivity contribution is 6.17. The summed E-state index contributed by atoms with van der Waals surface area (Å²) in [6, 6.07) is 17.0. The number of carbonyl (C=O) groups is 3. The Hall–Kier alpha value is -5.55. The largest absolute Gasteiger partial charge is 0.463 e. The number of likely N-dealkylation sites (tertiary alicyclic amines) is 1. The van der Waals surface area contributed by atoms with Gasteiger partial charge in [0.25, 0.3) is 0 Å². The van der Waals surface area contributed by atoms with E-state index < -0.39 is 6.09 Å². The highest BCUT2D eigenvalue weighted by Crippen LogP contribution is 2.35. The van der Waals surface area contributed by atoms with Gasteiger partial charge in [-0.05, 0) is 74.6 Å². The topological polar surface area (TPSA) is 191 Å². The first-order valence-electron chi connectivity index (χ1n) is 21.2. The molecule has 62 heavy (non-hydrogen) atoms. The number of piperidine rings is 1. The smallest absolute Gasteiger partial charge is 0.407 e. The number of anilines is 1. The van der Waals surface area contributed by atoms with Crippen molar-refractivity contribution in [2.45, 2.75) is 57.4 Å². The van der Waals surface area contributed by atoms with Gasteiger partial charge >= 0.3 is 12.1 Å². The molecule has 0 saturated carbocycles. The second-order valence-corrected chi connectivity index (χ2v) is 14.7. The number of halogens is 1. The quantitative estimate of drug-likeness (QED) is 0.0204. The Morgan fingerprint density at radius 3 is 2.35 bits per heavy atom. The fourth-order valence-corrected chi connectivity index (χ4v) is 6.75. The highest BCUT2D eigenvalue weighted by atomic mass is 35.5. The molecule has 16 nitrogen and oxygen atoms in total. The van der Waals surface area contributed by atoms with Crippen molar-refractivity contribution in [3.05, 3.63) is 85.2 Å². The number of unbranched alkanes of at least 4 members (excludes halogenated alkanes) is 3. The maximum Gasteiger partial charge on any atom is 0.407 e. The van der Waals surface area contributed by atoms with Crippen LogP contribution >= 0.6 is 11.6 Å². The molecule has 2 aromatic heterocycles. The SMILES string of the molecule is Nc1ncnc2c1c(-c1ccc(Oc3ccccc3)cc1)nn2[C@@H]1CCCN(C(=O)/C=C/CNC(=O)OC/C=C\COCCOC(=O)CCCOCCOCCCCCCCl)C1. The number of fused-ring (bicyclic) bond motifs is 1. The molecule has 1 fully saturated rings. The Morgan fingerprint density at radius 2 is 1.55 bits per heavy atom. The minimum absolute atomic E-state index is 0.0413. The second kappa shape index (κ2) is 27.4. The van der Waals surface area contributed by atoms with Crippen LogP contribution in [0.5, 0.6) is 11.5 Å². The molecule has 2 amide bonds. The standard InChI is InChI=1S/C45H58ClN7O9/c46-22-6-1-2-7-25-57-29-30-59-27-12-17-40(55)60-32-31-58-26-8-9-28-61-45(56)48-23-10-16-39(54)52-24-11-13-36(33-52)53-44-41(43(47)49-34-50-44)42(51-53)35-18-20-38(21-19-35)62-37-14-4-3-5-15-37/h3-5,8-10,14-16,18-21,34,36H,1-2,6-7,11-13,17,22-33H2,(H,48,56)(H2,47,49,50)/b9-8-,16-10+/t36-/m1/s1. The molecule has 17 heteroatoms. The van der Waals surface area contributed by atoms with Gasteiger partial charge in [0.2, 0.25) is 5.91 Å². The van der Waals surface area contributed by atoms with Gasteiger partial charge in [-0.3, -0.25) is 9.59 Å². The minimum atomic E-state index is -0.623. The molecule has 1 aliphatic heterocycles. The summed E-state index contributed by atoms with van der Waals surface area (Å²) in [4.78, 5) is 47.7. The predicted octanol–water partition coefficient (Wildman–Crippen LogP) is 7.04. The summed E-state index contributed by atoms with van der Waals surface area (Å²) in [6.45, 7) is 4.07. The van der Waals surface area contributed by atoms with Crippen molar-refractivity contribution in [3.63, 3.8) is 0 Å². The molecule has 3 N–H and O–H groups in total. The molecular formula is C45H58ClN7O9. The Bertz CT molecular complexity index is 2010. The van der Waals surface area contributed by atoms with Gasteiger partial charge in [-0.15, -0.1) is 11.6 Å². The number of esters is 1. The Morgan fingerprint density at radius 1 is 0.806 bits per heavy atom. The van der Waals surface area contributed by atoms with E-state index in [4.69, 9.17) is 50.9 Å². The maximum absolute atomic E-state index is 13.2. The number of nitrogens with two attached hydrogens (primary N) is 1. The van der Waals surface area contributed by atoms with E-state index in [1.165, 1.54) is 12.4 Å². The summed E-state index contributed by atoms with van der Waals surface area (Å²) in [5.41, 5.74) is 8.45. The van der Waals surface area contributed by atoms with Crippen LogP contribution in [-0.2, 0) is 33.3 Å². The van der Waals surface area contributed by atoms with Crippen molar-refractivity contribution in [1.29, 1.82) is 0 Å². The van der Waals surface area contributed by atoms with Crippen molar-refractivity contribution >= 4 is 46.4 Å². The molecule has 0 radical (unpaired) electrons. The summed E-state index contributed by atoms with van der Waals surface area (Å²) in [6.07, 6.45) is 13.9. The van der Waals surface area contributed by atoms with E-state index in [1.807, 2.05) is 59.3 Å². The molecule has 0 aliphatic carbocycles. The number of aromatic nitrogens is 4. The van der Waals surface area contributed by atoms with Crippen molar-refractivity contribution in [2.75, 3.05) is 84.1 Å². The van der Waals surface area contributed by atoms with E-state index in [0.717, 1.165) is 56.4 Å². The van der Waals surface area contributed by atoms with Crippen molar-refractivity contribution in [1.82, 2.24) is 30.0 Å². The Labute approximate surface area is 367 Å². The summed E-state index contributed by atoms with van der Waals surface area (Å²) in [5.74, 6) is 1.98. The van der Waals surface area contributed by atoms with Gasteiger partial charge in [0, 0.05) is 56.8 Å². The molecule has 0 unspecified atom stereocenters. The van der Waals surface area contributed by atoms with Crippen LogP contribution in [0.1, 0.15) is 57.4 Å². The number of benzene rings is 2. The summed E-state index contributed by atoms with van der Waals surface area (Å²) in [7, 11) is 0. The molecule has 0 spiro atoms. The van der Waals surface area contributed by atoms with E-state index in [9.17, 15) is 14.4 Å². The van der Waals surface area contributed by atoms with Gasteiger partial charge in [-0.1, -0.05) is 43.2 Å². The molecule has 1 aliphatic rings. The van der Waals surface area contributed by atoms with Crippen molar-refractivity contribution < 1.29 is 42.8 Å². The number of nitrogens with one attached hydrogen (secondary N) is 1. The number of nitrogens with zero attached hydrogens (tertiary/aromatic N) is 5. The molecule has 1 saturated heterocycles. The van der Waals surface area contributed by atoms with Crippen LogP contribution in [0.3, 0.4) is 0 Å². The number of hydrogen-bond acceptors (Lipinski definition) is 13. The van der Waals surface area contributed by atoms with Crippen LogP contribution in [0.15, 0.2) is 85.2 Å². The number of carbonyl (C=O) groups excluding carboxylic acids is 3. The normalized spacial score (nSPS) is 14.1. The van der Waals surface area contributed by atoms with Crippen LogP contribution in [0.4, 0.5) is 10.6 Å². The lowest BCUT2D eigenvalue weighted by Crippen LogP contribution is -2.40. The van der Waals surface area contributed by atoms with E-state index in [1.54, 1.807) is 23.1 Å². The molecule has 2 aromatic carbocycles. The van der Waals surface area contributed by atoms with Crippen molar-refractivity contribution in [3.8, 4) is 22.8 Å². The third-order valence-corrected chi connectivity index (χ3v) is 9.97.